The van der Waals surface area contributed by atoms with Crippen molar-refractivity contribution in [3.8, 4) is 11.4 Å². The van der Waals surface area contributed by atoms with E-state index in [0.717, 1.165) is 24.8 Å². The summed E-state index contributed by atoms with van der Waals surface area (Å²) >= 11 is 0. The van der Waals surface area contributed by atoms with Crippen LogP contribution in [0.1, 0.15) is 41.1 Å². The van der Waals surface area contributed by atoms with E-state index in [1.54, 1.807) is 42.2 Å². The molecule has 8 nitrogen and oxygen atoms in total. The maximum atomic E-state index is 13.0. The number of hydrogen-bond acceptors (Lipinski definition) is 6. The van der Waals surface area contributed by atoms with Gasteiger partial charge in [0.1, 0.15) is 0 Å². The number of hydrogen-bond donors (Lipinski definition) is 1. The molecule has 4 rings (SSSR count). The van der Waals surface area contributed by atoms with Gasteiger partial charge in [-0.05, 0) is 62.4 Å². The molecule has 1 amide bonds. The molecule has 2 aromatic carbocycles. The van der Waals surface area contributed by atoms with Crippen LogP contribution in [0.2, 0.25) is 0 Å². The molecule has 0 atom stereocenters. The van der Waals surface area contributed by atoms with Crippen LogP contribution in [0.4, 0.5) is 5.69 Å². The molecular formula is C22H24N4O4S. The Bertz CT molecular complexity index is 1210. The van der Waals surface area contributed by atoms with Gasteiger partial charge >= 0.3 is 11.8 Å². The number of nitrogens with zero attached hydrogens (tertiary/aromatic N) is 3. The van der Waals surface area contributed by atoms with Crippen molar-refractivity contribution >= 4 is 21.6 Å². The fourth-order valence-electron chi connectivity index (χ4n) is 3.61. The Hall–Kier alpha value is -3.20. The topological polar surface area (TPSA) is 105 Å². The molecule has 0 bridgehead atoms. The molecule has 0 spiro atoms. The lowest BCUT2D eigenvalue weighted by Gasteiger charge is -2.24. The number of benzene rings is 2. The second kappa shape index (κ2) is 8.50. The summed E-state index contributed by atoms with van der Waals surface area (Å²) in [5.74, 6) is -0.202. The van der Waals surface area contributed by atoms with Crippen LogP contribution in [0.25, 0.3) is 11.4 Å². The highest BCUT2D eigenvalue weighted by atomic mass is 32.2. The number of aromatic nitrogens is 2. The average molecular weight is 441 g/mol. The summed E-state index contributed by atoms with van der Waals surface area (Å²) in [5, 5.41) is 3.90. The van der Waals surface area contributed by atoms with Gasteiger partial charge in [-0.2, -0.15) is 4.98 Å². The van der Waals surface area contributed by atoms with E-state index in [1.165, 1.54) is 6.07 Å². The van der Waals surface area contributed by atoms with Gasteiger partial charge in [-0.1, -0.05) is 29.4 Å². The highest BCUT2D eigenvalue weighted by Crippen LogP contribution is 2.26. The maximum Gasteiger partial charge on any atom is 0.316 e. The zero-order valence-electron chi connectivity index (χ0n) is 17.5. The van der Waals surface area contributed by atoms with Gasteiger partial charge in [0.15, 0.2) is 0 Å². The number of carbonyl (C=O) groups is 1. The van der Waals surface area contributed by atoms with Crippen LogP contribution in [0.3, 0.4) is 0 Å². The molecule has 9 heteroatoms. The van der Waals surface area contributed by atoms with E-state index >= 15 is 0 Å². The van der Waals surface area contributed by atoms with Gasteiger partial charge < -0.3 is 9.42 Å². The van der Waals surface area contributed by atoms with E-state index in [0.29, 0.717) is 29.9 Å². The number of nitrogens with one attached hydrogen (secondary N) is 1. The molecule has 0 radical (unpaired) electrons. The first kappa shape index (κ1) is 21.0. The number of sulfonamides is 1. The zero-order valence-corrected chi connectivity index (χ0v) is 18.3. The fourth-order valence-corrected chi connectivity index (χ4v) is 4.93. The summed E-state index contributed by atoms with van der Waals surface area (Å²) in [6, 6.07) is 12.0. The van der Waals surface area contributed by atoms with E-state index in [1.807, 2.05) is 13.0 Å². The summed E-state index contributed by atoms with van der Waals surface area (Å²) < 4.78 is 33.8. The first-order valence-corrected chi connectivity index (χ1v) is 11.7. The molecule has 1 aliphatic rings. The summed E-state index contributed by atoms with van der Waals surface area (Å²) in [6.07, 6.45) is 3.02. The third kappa shape index (κ3) is 4.61. The Labute approximate surface area is 181 Å². The highest BCUT2D eigenvalue weighted by Gasteiger charge is 2.25. The van der Waals surface area contributed by atoms with E-state index in [-0.39, 0.29) is 22.5 Å². The molecule has 162 valence electrons. The number of amides is 1. The first-order chi connectivity index (χ1) is 14.8. The minimum atomic E-state index is -3.83. The Morgan fingerprint density at radius 1 is 1.06 bits per heavy atom. The number of anilines is 1. The molecular weight excluding hydrogens is 416 g/mol. The van der Waals surface area contributed by atoms with Gasteiger partial charge in [0.2, 0.25) is 5.82 Å². The molecule has 1 fully saturated rings. The van der Waals surface area contributed by atoms with Crippen molar-refractivity contribution < 1.29 is 17.7 Å². The van der Waals surface area contributed by atoms with Crippen LogP contribution in [-0.2, 0) is 10.0 Å². The van der Waals surface area contributed by atoms with Crippen molar-refractivity contribution in [1.82, 2.24) is 15.0 Å². The number of aryl methyl sites for hydroxylation is 2. The van der Waals surface area contributed by atoms with Crippen LogP contribution in [0, 0.1) is 13.8 Å². The first-order valence-electron chi connectivity index (χ1n) is 10.2. The second-order valence-electron chi connectivity index (χ2n) is 7.73. The van der Waals surface area contributed by atoms with Crippen molar-refractivity contribution in [2.75, 3.05) is 17.8 Å². The third-order valence-electron chi connectivity index (χ3n) is 5.26. The second-order valence-corrected chi connectivity index (χ2v) is 9.38. The van der Waals surface area contributed by atoms with Crippen molar-refractivity contribution in [2.45, 2.75) is 38.0 Å². The molecule has 1 N–H and O–H groups in total. The minimum absolute atomic E-state index is 0.0835. The molecule has 1 aromatic heterocycles. The normalized spacial score (nSPS) is 14.5. The minimum Gasteiger partial charge on any atom is -0.334 e. The summed E-state index contributed by atoms with van der Waals surface area (Å²) in [5.41, 5.74) is 2.47. The molecule has 31 heavy (non-hydrogen) atoms. The van der Waals surface area contributed by atoms with Gasteiger partial charge in [-0.3, -0.25) is 9.52 Å². The number of carbonyl (C=O) groups excluding carboxylic acids is 1. The Balaban J connectivity index is 1.61. The molecule has 0 aliphatic carbocycles. The monoisotopic (exact) mass is 440 g/mol. The highest BCUT2D eigenvalue weighted by molar-refractivity contribution is 7.92. The van der Waals surface area contributed by atoms with Gasteiger partial charge in [-0.15, -0.1) is 0 Å². The predicted molar refractivity (Wildman–Crippen MR) is 116 cm³/mol. The van der Waals surface area contributed by atoms with Crippen molar-refractivity contribution in [3.05, 3.63) is 59.5 Å². The molecule has 0 saturated carbocycles. The SMILES string of the molecule is Cc1cccc(NS(=O)(=O)c2cc(-c3noc(C(=O)N4CCCCC4)n3)ccc2C)c1. The van der Waals surface area contributed by atoms with Crippen LogP contribution >= 0.6 is 0 Å². The zero-order chi connectivity index (χ0) is 22.0. The van der Waals surface area contributed by atoms with Crippen molar-refractivity contribution in [1.29, 1.82) is 0 Å². The molecule has 1 saturated heterocycles. The number of likely N-dealkylation sites (tertiary alicyclic amines) is 1. The van der Waals surface area contributed by atoms with E-state index < -0.39 is 10.0 Å². The lowest BCUT2D eigenvalue weighted by atomic mass is 10.1. The standard InChI is InChI=1S/C22H24N4O4S/c1-15-7-6-8-18(13-15)25-31(28,29)19-14-17(10-9-16(19)2)20-23-21(30-24-20)22(27)26-11-4-3-5-12-26/h6-10,13-14,25H,3-5,11-12H2,1-2H3. The van der Waals surface area contributed by atoms with Crippen LogP contribution in [-0.4, -0.2) is 42.5 Å². The van der Waals surface area contributed by atoms with Gasteiger partial charge in [0, 0.05) is 24.3 Å². The van der Waals surface area contributed by atoms with Gasteiger partial charge in [0.05, 0.1) is 4.90 Å². The quantitative estimate of drug-likeness (QED) is 0.647. The number of piperidine rings is 1. The van der Waals surface area contributed by atoms with Crippen LogP contribution in [0.15, 0.2) is 51.9 Å². The molecule has 0 unspecified atom stereocenters. The van der Waals surface area contributed by atoms with Gasteiger partial charge in [-0.25, -0.2) is 8.42 Å². The molecule has 1 aliphatic heterocycles. The molecule has 2 heterocycles. The summed E-state index contributed by atoms with van der Waals surface area (Å²) in [7, 11) is -3.83. The van der Waals surface area contributed by atoms with Crippen LogP contribution in [0.5, 0.6) is 0 Å². The summed E-state index contributed by atoms with van der Waals surface area (Å²) in [4.78, 5) is 18.6. The average Bonchev–Trinajstić information content (AvgIpc) is 3.24. The smallest absolute Gasteiger partial charge is 0.316 e. The Morgan fingerprint density at radius 2 is 1.84 bits per heavy atom. The lowest BCUT2D eigenvalue weighted by molar-refractivity contribution is 0.0674. The maximum absolute atomic E-state index is 13.0. The summed E-state index contributed by atoms with van der Waals surface area (Å²) in [6.45, 7) is 4.96. The van der Waals surface area contributed by atoms with Gasteiger partial charge in [0.25, 0.3) is 10.0 Å². The largest absolute Gasteiger partial charge is 0.334 e. The molecule has 3 aromatic rings. The van der Waals surface area contributed by atoms with Crippen LogP contribution < -0.4 is 4.72 Å². The number of rotatable bonds is 5. The van der Waals surface area contributed by atoms with E-state index in [9.17, 15) is 13.2 Å². The van der Waals surface area contributed by atoms with E-state index in [4.69, 9.17) is 4.52 Å². The van der Waals surface area contributed by atoms with E-state index in [2.05, 4.69) is 14.9 Å². The van der Waals surface area contributed by atoms with Crippen molar-refractivity contribution in [3.63, 3.8) is 0 Å². The Kier molecular flexibility index (Phi) is 5.77. The van der Waals surface area contributed by atoms with Crippen molar-refractivity contribution in [2.24, 2.45) is 0 Å². The predicted octanol–water partition coefficient (Wildman–Crippen LogP) is 3.78. The lowest BCUT2D eigenvalue weighted by Crippen LogP contribution is -2.35. The third-order valence-corrected chi connectivity index (χ3v) is 6.78. The fraction of sp³-hybridized carbons (Fsp3) is 0.318. The Morgan fingerprint density at radius 3 is 2.58 bits per heavy atom.